The second-order valence-electron chi connectivity index (χ2n) is 5.28. The Morgan fingerprint density at radius 2 is 1.76 bits per heavy atom. The standard InChI is InChI=1S/C16H21ClN2O2/c17-14-8-4-3-7-13(14)16(21)18-10-9-15(20)19-11-5-1-2-6-12-19/h3-4,7-8H,1-2,5-6,9-12H2,(H,18,21). The van der Waals surface area contributed by atoms with Crippen molar-refractivity contribution >= 4 is 23.4 Å². The molecular weight excluding hydrogens is 288 g/mol. The first-order valence-electron chi connectivity index (χ1n) is 7.49. The summed E-state index contributed by atoms with van der Waals surface area (Å²) in [5, 5.41) is 3.18. The summed E-state index contributed by atoms with van der Waals surface area (Å²) in [7, 11) is 0. The first kappa shape index (κ1) is 15.8. The predicted molar refractivity (Wildman–Crippen MR) is 83.5 cm³/mol. The van der Waals surface area contributed by atoms with Crippen molar-refractivity contribution in [3.63, 3.8) is 0 Å². The second kappa shape index (κ2) is 8.03. The van der Waals surface area contributed by atoms with Crippen LogP contribution in [-0.2, 0) is 4.79 Å². The fourth-order valence-corrected chi connectivity index (χ4v) is 2.72. The zero-order valence-electron chi connectivity index (χ0n) is 12.1. The van der Waals surface area contributed by atoms with Crippen LogP contribution in [0.2, 0.25) is 5.02 Å². The molecule has 1 aliphatic rings. The van der Waals surface area contributed by atoms with Crippen LogP contribution >= 0.6 is 11.6 Å². The molecule has 5 heteroatoms. The number of hydrogen-bond donors (Lipinski definition) is 1. The van der Waals surface area contributed by atoms with E-state index >= 15 is 0 Å². The van der Waals surface area contributed by atoms with E-state index in [1.54, 1.807) is 24.3 Å². The van der Waals surface area contributed by atoms with E-state index in [0.717, 1.165) is 25.9 Å². The van der Waals surface area contributed by atoms with E-state index < -0.39 is 0 Å². The molecule has 1 aliphatic heterocycles. The van der Waals surface area contributed by atoms with Gasteiger partial charge in [0.05, 0.1) is 10.6 Å². The van der Waals surface area contributed by atoms with Crippen LogP contribution in [0, 0.1) is 0 Å². The minimum Gasteiger partial charge on any atom is -0.351 e. The van der Waals surface area contributed by atoms with E-state index in [0.29, 0.717) is 23.6 Å². The average Bonchev–Trinajstić information content (AvgIpc) is 2.76. The molecule has 1 aromatic carbocycles. The van der Waals surface area contributed by atoms with Crippen molar-refractivity contribution in [2.24, 2.45) is 0 Å². The Morgan fingerprint density at radius 3 is 2.43 bits per heavy atom. The molecule has 0 saturated carbocycles. The molecule has 2 rings (SSSR count). The van der Waals surface area contributed by atoms with E-state index in [4.69, 9.17) is 11.6 Å². The number of nitrogens with one attached hydrogen (secondary N) is 1. The van der Waals surface area contributed by atoms with Crippen LogP contribution in [0.4, 0.5) is 0 Å². The lowest BCUT2D eigenvalue weighted by molar-refractivity contribution is -0.131. The Bertz CT molecular complexity index is 497. The van der Waals surface area contributed by atoms with Gasteiger partial charge >= 0.3 is 0 Å². The van der Waals surface area contributed by atoms with E-state index in [9.17, 15) is 9.59 Å². The van der Waals surface area contributed by atoms with Gasteiger partial charge in [0.25, 0.3) is 5.91 Å². The third kappa shape index (κ3) is 4.74. The summed E-state index contributed by atoms with van der Waals surface area (Å²) in [6, 6.07) is 6.90. The fourth-order valence-electron chi connectivity index (χ4n) is 2.50. The van der Waals surface area contributed by atoms with Crippen molar-refractivity contribution < 1.29 is 9.59 Å². The summed E-state index contributed by atoms with van der Waals surface area (Å²) >= 11 is 5.96. The largest absolute Gasteiger partial charge is 0.351 e. The molecule has 4 nitrogen and oxygen atoms in total. The Hall–Kier alpha value is -1.55. The third-order valence-corrected chi connectivity index (χ3v) is 4.03. The quantitative estimate of drug-likeness (QED) is 0.930. The molecule has 2 amide bonds. The van der Waals surface area contributed by atoms with Gasteiger partial charge in [-0.3, -0.25) is 9.59 Å². The molecule has 1 heterocycles. The lowest BCUT2D eigenvalue weighted by Crippen LogP contribution is -2.35. The monoisotopic (exact) mass is 308 g/mol. The van der Waals surface area contributed by atoms with Gasteiger partial charge in [-0.15, -0.1) is 0 Å². The molecule has 1 N–H and O–H groups in total. The van der Waals surface area contributed by atoms with Crippen LogP contribution in [0.5, 0.6) is 0 Å². The smallest absolute Gasteiger partial charge is 0.252 e. The van der Waals surface area contributed by atoms with Crippen molar-refractivity contribution in [1.82, 2.24) is 10.2 Å². The Kier molecular flexibility index (Phi) is 6.05. The number of benzene rings is 1. The van der Waals surface area contributed by atoms with Gasteiger partial charge in [-0.25, -0.2) is 0 Å². The normalized spacial score (nSPS) is 15.4. The highest BCUT2D eigenvalue weighted by atomic mass is 35.5. The summed E-state index contributed by atoms with van der Waals surface area (Å²) in [6.45, 7) is 2.04. The number of carbonyl (C=O) groups is 2. The summed E-state index contributed by atoms with van der Waals surface area (Å²) < 4.78 is 0. The van der Waals surface area contributed by atoms with Crippen LogP contribution < -0.4 is 5.32 Å². The number of likely N-dealkylation sites (tertiary alicyclic amines) is 1. The molecule has 1 saturated heterocycles. The minimum atomic E-state index is -0.232. The first-order valence-corrected chi connectivity index (χ1v) is 7.87. The highest BCUT2D eigenvalue weighted by Crippen LogP contribution is 2.14. The van der Waals surface area contributed by atoms with E-state index in [2.05, 4.69) is 5.32 Å². The zero-order valence-corrected chi connectivity index (χ0v) is 12.9. The highest BCUT2D eigenvalue weighted by molar-refractivity contribution is 6.33. The minimum absolute atomic E-state index is 0.122. The number of halogens is 1. The number of rotatable bonds is 4. The van der Waals surface area contributed by atoms with Gasteiger partial charge in [0.2, 0.25) is 5.91 Å². The van der Waals surface area contributed by atoms with Crippen LogP contribution in [0.25, 0.3) is 0 Å². The van der Waals surface area contributed by atoms with Gasteiger partial charge < -0.3 is 10.2 Å². The van der Waals surface area contributed by atoms with Crippen LogP contribution in [0.15, 0.2) is 24.3 Å². The molecule has 0 bridgehead atoms. The fraction of sp³-hybridized carbons (Fsp3) is 0.500. The summed E-state index contributed by atoms with van der Waals surface area (Å²) in [6.07, 6.45) is 4.91. The lowest BCUT2D eigenvalue weighted by atomic mass is 10.2. The number of amides is 2. The van der Waals surface area contributed by atoms with Crippen molar-refractivity contribution in [1.29, 1.82) is 0 Å². The number of carbonyl (C=O) groups excluding carboxylic acids is 2. The molecule has 1 fully saturated rings. The predicted octanol–water partition coefficient (Wildman–Crippen LogP) is 2.86. The molecule has 21 heavy (non-hydrogen) atoms. The molecular formula is C16H21ClN2O2. The maximum absolute atomic E-state index is 12.1. The van der Waals surface area contributed by atoms with Gasteiger partial charge in [-0.05, 0) is 25.0 Å². The second-order valence-corrected chi connectivity index (χ2v) is 5.69. The molecule has 1 aromatic rings. The molecule has 0 atom stereocenters. The van der Waals surface area contributed by atoms with Gasteiger partial charge in [-0.2, -0.15) is 0 Å². The van der Waals surface area contributed by atoms with Gasteiger partial charge in [0, 0.05) is 26.1 Å². The average molecular weight is 309 g/mol. The van der Waals surface area contributed by atoms with Gasteiger partial charge in [0.1, 0.15) is 0 Å². The zero-order chi connectivity index (χ0) is 15.1. The van der Waals surface area contributed by atoms with Crippen LogP contribution in [-0.4, -0.2) is 36.3 Å². The molecule has 0 aromatic heterocycles. The van der Waals surface area contributed by atoms with Crippen molar-refractivity contribution in [2.45, 2.75) is 32.1 Å². The summed E-state index contributed by atoms with van der Waals surface area (Å²) in [5.41, 5.74) is 0.446. The van der Waals surface area contributed by atoms with E-state index in [1.807, 2.05) is 4.90 Å². The van der Waals surface area contributed by atoms with Gasteiger partial charge in [0.15, 0.2) is 0 Å². The van der Waals surface area contributed by atoms with E-state index in [1.165, 1.54) is 12.8 Å². The Morgan fingerprint density at radius 1 is 1.10 bits per heavy atom. The molecule has 0 aliphatic carbocycles. The third-order valence-electron chi connectivity index (χ3n) is 3.70. The first-order chi connectivity index (χ1) is 10.2. The van der Waals surface area contributed by atoms with Crippen LogP contribution in [0.1, 0.15) is 42.5 Å². The van der Waals surface area contributed by atoms with Gasteiger partial charge in [-0.1, -0.05) is 36.6 Å². The lowest BCUT2D eigenvalue weighted by Gasteiger charge is -2.20. The maximum Gasteiger partial charge on any atom is 0.252 e. The Labute approximate surface area is 130 Å². The molecule has 114 valence electrons. The molecule has 0 radical (unpaired) electrons. The van der Waals surface area contributed by atoms with Crippen molar-refractivity contribution in [3.8, 4) is 0 Å². The number of hydrogen-bond acceptors (Lipinski definition) is 2. The molecule has 0 spiro atoms. The van der Waals surface area contributed by atoms with Crippen LogP contribution in [0.3, 0.4) is 0 Å². The Balaban J connectivity index is 1.77. The SMILES string of the molecule is O=C(NCCC(=O)N1CCCCCC1)c1ccccc1Cl. The highest BCUT2D eigenvalue weighted by Gasteiger charge is 2.16. The molecule has 0 unspecified atom stereocenters. The van der Waals surface area contributed by atoms with E-state index in [-0.39, 0.29) is 11.8 Å². The summed E-state index contributed by atoms with van der Waals surface area (Å²) in [4.78, 5) is 26.0. The summed E-state index contributed by atoms with van der Waals surface area (Å²) in [5.74, 6) is -0.111. The van der Waals surface area contributed by atoms with Crippen molar-refractivity contribution in [2.75, 3.05) is 19.6 Å². The topological polar surface area (TPSA) is 49.4 Å². The maximum atomic E-state index is 12.1. The number of nitrogens with zero attached hydrogens (tertiary/aromatic N) is 1. The van der Waals surface area contributed by atoms with Crippen molar-refractivity contribution in [3.05, 3.63) is 34.9 Å².